The molecule has 62 valence electrons. The van der Waals surface area contributed by atoms with E-state index in [-0.39, 0.29) is 5.92 Å². The molecule has 0 aromatic carbocycles. The van der Waals surface area contributed by atoms with Crippen LogP contribution in [-0.2, 0) is 0 Å². The highest BCUT2D eigenvalue weighted by Gasteiger charge is 2.28. The van der Waals surface area contributed by atoms with Crippen LogP contribution in [-0.4, -0.2) is 5.75 Å². The van der Waals surface area contributed by atoms with Gasteiger partial charge in [-0.1, -0.05) is 12.8 Å². The summed E-state index contributed by atoms with van der Waals surface area (Å²) in [4.78, 5) is 0. The Bertz CT molecular complexity index is 104. The maximum absolute atomic E-state index is 11.8. The molecule has 1 aliphatic rings. The Morgan fingerprint density at radius 3 is 2.00 bits per heavy atom. The molecular weight excluding hydrogens is 161 g/mol. The van der Waals surface area contributed by atoms with Crippen molar-refractivity contribution in [1.82, 2.24) is 0 Å². The van der Waals surface area contributed by atoms with E-state index < -0.39 is 16.9 Å². The smallest absolute Gasteiger partial charge is 0.125 e. The zero-order valence-corrected chi connectivity index (χ0v) is 6.47. The van der Waals surface area contributed by atoms with Gasteiger partial charge in [0.25, 0.3) is 0 Å². The van der Waals surface area contributed by atoms with E-state index in [4.69, 9.17) is 0 Å². The van der Waals surface area contributed by atoms with Crippen LogP contribution >= 0.6 is 11.2 Å². The van der Waals surface area contributed by atoms with Crippen LogP contribution in [0, 0.1) is 5.92 Å². The van der Waals surface area contributed by atoms with Crippen LogP contribution in [0.25, 0.3) is 0 Å². The average Bonchev–Trinajstić information content (AvgIpc) is 2.12. The van der Waals surface area contributed by atoms with Crippen LogP contribution in [0.2, 0.25) is 0 Å². The lowest BCUT2D eigenvalue weighted by Gasteiger charge is -2.13. The Kier molecular flexibility index (Phi) is 2.50. The summed E-state index contributed by atoms with van der Waals surface area (Å²) in [7, 11) is 0. The third-order valence-electron chi connectivity index (χ3n) is 1.90. The first-order chi connectivity index (χ1) is 4.58. The standard InChI is InChI=1S/C6H11F3S/c7-10(8,9)5-6-3-1-2-4-6/h6H,1-5H2. The fourth-order valence-corrected chi connectivity index (χ4v) is 2.31. The number of hydrogen-bond donors (Lipinski definition) is 0. The van der Waals surface area contributed by atoms with Gasteiger partial charge < -0.3 is 0 Å². The summed E-state index contributed by atoms with van der Waals surface area (Å²) in [5.41, 5.74) is 0. The van der Waals surface area contributed by atoms with Crippen LogP contribution in [0.5, 0.6) is 0 Å². The fraction of sp³-hybridized carbons (Fsp3) is 1.00. The molecule has 1 saturated carbocycles. The van der Waals surface area contributed by atoms with Gasteiger partial charge in [-0.15, -0.1) is 11.7 Å². The molecule has 1 fully saturated rings. The molecule has 0 radical (unpaired) electrons. The van der Waals surface area contributed by atoms with E-state index in [2.05, 4.69) is 0 Å². The second kappa shape index (κ2) is 3.03. The Morgan fingerprint density at radius 2 is 1.60 bits per heavy atom. The summed E-state index contributed by atoms with van der Waals surface area (Å²) in [5.74, 6) is -0.512. The van der Waals surface area contributed by atoms with E-state index in [1.807, 2.05) is 0 Å². The van der Waals surface area contributed by atoms with Gasteiger partial charge in [0.2, 0.25) is 11.2 Å². The van der Waals surface area contributed by atoms with E-state index in [0.717, 1.165) is 25.7 Å². The molecule has 0 nitrogen and oxygen atoms in total. The summed E-state index contributed by atoms with van der Waals surface area (Å²) >= 11 is -4.71. The van der Waals surface area contributed by atoms with Crippen molar-refractivity contribution in [1.29, 1.82) is 0 Å². The van der Waals surface area contributed by atoms with Crippen LogP contribution in [0.3, 0.4) is 0 Å². The van der Waals surface area contributed by atoms with Crippen LogP contribution in [0.1, 0.15) is 25.7 Å². The normalized spacial score (nSPS) is 23.5. The Labute approximate surface area is 61.0 Å². The number of hydrogen-bond acceptors (Lipinski definition) is 0. The molecular formula is C6H11F3S. The third kappa shape index (κ3) is 2.82. The lowest BCUT2D eigenvalue weighted by Crippen LogP contribution is -2.00. The molecule has 0 saturated heterocycles. The predicted octanol–water partition coefficient (Wildman–Crippen LogP) is 3.63. The summed E-state index contributed by atoms with van der Waals surface area (Å²) in [6.45, 7) is 0. The van der Waals surface area contributed by atoms with Gasteiger partial charge in [0.1, 0.15) is 0 Å². The maximum Gasteiger partial charge on any atom is 0.209 e. The van der Waals surface area contributed by atoms with E-state index in [9.17, 15) is 11.7 Å². The largest absolute Gasteiger partial charge is 0.209 e. The minimum absolute atomic E-state index is 0.0324. The fourth-order valence-electron chi connectivity index (χ4n) is 1.44. The molecule has 0 spiro atoms. The van der Waals surface area contributed by atoms with Crippen molar-refractivity contribution in [3.05, 3.63) is 0 Å². The Balaban J connectivity index is 2.24. The Morgan fingerprint density at radius 1 is 1.10 bits per heavy atom. The van der Waals surface area contributed by atoms with Gasteiger partial charge in [-0.05, 0) is 18.8 Å². The maximum atomic E-state index is 11.8. The quantitative estimate of drug-likeness (QED) is 0.596. The first-order valence-corrected chi connectivity index (χ1v) is 4.98. The van der Waals surface area contributed by atoms with Crippen molar-refractivity contribution in [3.8, 4) is 0 Å². The molecule has 0 atom stereocenters. The molecule has 0 aromatic rings. The molecule has 10 heavy (non-hydrogen) atoms. The van der Waals surface area contributed by atoms with Crippen LogP contribution < -0.4 is 0 Å². The van der Waals surface area contributed by atoms with E-state index >= 15 is 0 Å². The minimum atomic E-state index is -4.71. The second-order valence-corrected chi connectivity index (χ2v) is 4.16. The van der Waals surface area contributed by atoms with Crippen molar-refractivity contribution in [3.63, 3.8) is 0 Å². The van der Waals surface area contributed by atoms with Gasteiger partial charge in [-0.2, -0.15) is 0 Å². The predicted molar refractivity (Wildman–Crippen MR) is 37.7 cm³/mol. The topological polar surface area (TPSA) is 0 Å². The first-order valence-electron chi connectivity index (χ1n) is 3.48. The molecule has 1 rings (SSSR count). The zero-order valence-electron chi connectivity index (χ0n) is 5.66. The molecule has 0 bridgehead atoms. The Hall–Kier alpha value is 0.140. The van der Waals surface area contributed by atoms with Crippen molar-refractivity contribution in [2.75, 3.05) is 5.75 Å². The highest BCUT2D eigenvalue weighted by Crippen LogP contribution is 2.55. The van der Waals surface area contributed by atoms with Crippen molar-refractivity contribution >= 4 is 11.2 Å². The monoisotopic (exact) mass is 172 g/mol. The first kappa shape index (κ1) is 8.24. The van der Waals surface area contributed by atoms with Gasteiger partial charge in [0, 0.05) is 0 Å². The lowest BCUT2D eigenvalue weighted by molar-refractivity contribution is 0.557. The van der Waals surface area contributed by atoms with Gasteiger partial charge in [-0.3, -0.25) is 0 Å². The average molecular weight is 172 g/mol. The third-order valence-corrected chi connectivity index (χ3v) is 2.75. The molecule has 0 N–H and O–H groups in total. The van der Waals surface area contributed by atoms with Gasteiger partial charge >= 0.3 is 0 Å². The van der Waals surface area contributed by atoms with Crippen molar-refractivity contribution < 1.29 is 11.7 Å². The molecule has 0 aliphatic heterocycles. The number of halogens is 3. The summed E-state index contributed by atoms with van der Waals surface area (Å²) in [5, 5.41) is 0. The summed E-state index contributed by atoms with van der Waals surface area (Å²) < 4.78 is 35.4. The van der Waals surface area contributed by atoms with Crippen LogP contribution in [0.4, 0.5) is 11.7 Å². The SMILES string of the molecule is FS(F)(F)CC1CCCC1. The lowest BCUT2D eigenvalue weighted by atomic mass is 10.1. The molecule has 0 heterocycles. The van der Waals surface area contributed by atoms with Gasteiger partial charge in [0.15, 0.2) is 0 Å². The van der Waals surface area contributed by atoms with Gasteiger partial charge in [-0.25, -0.2) is 0 Å². The van der Waals surface area contributed by atoms with Crippen molar-refractivity contribution in [2.45, 2.75) is 25.7 Å². The van der Waals surface area contributed by atoms with Crippen molar-refractivity contribution in [2.24, 2.45) is 5.92 Å². The van der Waals surface area contributed by atoms with E-state index in [1.54, 1.807) is 0 Å². The van der Waals surface area contributed by atoms with E-state index in [0.29, 0.717) is 0 Å². The molecule has 4 heteroatoms. The van der Waals surface area contributed by atoms with E-state index in [1.165, 1.54) is 0 Å². The highest BCUT2D eigenvalue weighted by molar-refractivity contribution is 8.20. The summed E-state index contributed by atoms with van der Waals surface area (Å²) in [6, 6.07) is 0. The summed E-state index contributed by atoms with van der Waals surface area (Å²) in [6.07, 6.45) is 3.60. The molecule has 0 amide bonds. The molecule has 1 aliphatic carbocycles. The minimum Gasteiger partial charge on any atom is -0.125 e. The number of rotatable bonds is 2. The van der Waals surface area contributed by atoms with Gasteiger partial charge in [0.05, 0.1) is 5.75 Å². The zero-order chi connectivity index (χ0) is 7.61. The molecule has 0 aromatic heterocycles. The molecule has 0 unspecified atom stereocenters. The van der Waals surface area contributed by atoms with Crippen LogP contribution in [0.15, 0.2) is 0 Å². The second-order valence-electron chi connectivity index (χ2n) is 2.82. The highest BCUT2D eigenvalue weighted by atomic mass is 32.3.